The first-order chi connectivity index (χ1) is 11.6. The highest BCUT2D eigenvalue weighted by molar-refractivity contribution is 5.85. The van der Waals surface area contributed by atoms with Crippen molar-refractivity contribution in [1.29, 1.82) is 0 Å². The predicted octanol–water partition coefficient (Wildman–Crippen LogP) is 1.23. The maximum atomic E-state index is 12.7. The zero-order valence-corrected chi connectivity index (χ0v) is 17.5. The van der Waals surface area contributed by atoms with Crippen molar-refractivity contribution >= 4 is 36.6 Å². The van der Waals surface area contributed by atoms with Crippen LogP contribution in [0, 0.1) is 11.8 Å². The lowest BCUT2D eigenvalue weighted by atomic mass is 9.92. The van der Waals surface area contributed by atoms with Crippen molar-refractivity contribution in [1.82, 2.24) is 20.0 Å². The number of amides is 2. The number of nitrogens with zero attached hydrogens (tertiary/aromatic N) is 3. The Bertz CT molecular complexity index is 452. The second-order valence-electron chi connectivity index (χ2n) is 7.71. The van der Waals surface area contributed by atoms with Crippen LogP contribution in [0.1, 0.15) is 32.6 Å². The van der Waals surface area contributed by atoms with Gasteiger partial charge < -0.3 is 15.1 Å². The van der Waals surface area contributed by atoms with Crippen molar-refractivity contribution in [3.05, 3.63) is 0 Å². The summed E-state index contributed by atoms with van der Waals surface area (Å²) in [6.07, 6.45) is 4.03. The lowest BCUT2D eigenvalue weighted by Crippen LogP contribution is -2.51. The molecule has 3 aliphatic rings. The second kappa shape index (κ2) is 11.3. The molecule has 0 radical (unpaired) electrons. The van der Waals surface area contributed by atoms with Crippen LogP contribution in [-0.2, 0) is 9.59 Å². The van der Waals surface area contributed by atoms with Crippen molar-refractivity contribution < 1.29 is 9.59 Å². The van der Waals surface area contributed by atoms with Crippen LogP contribution in [0.25, 0.3) is 0 Å². The Morgan fingerprint density at radius 1 is 0.923 bits per heavy atom. The Hall–Kier alpha value is -0.560. The van der Waals surface area contributed by atoms with Gasteiger partial charge in [-0.15, -0.1) is 24.8 Å². The topological polar surface area (TPSA) is 55.9 Å². The third-order valence-electron chi connectivity index (χ3n) is 5.73. The molecule has 8 heteroatoms. The average molecular weight is 409 g/mol. The highest BCUT2D eigenvalue weighted by Crippen LogP contribution is 2.23. The lowest BCUT2D eigenvalue weighted by Gasteiger charge is -2.37. The molecule has 152 valence electrons. The third-order valence-corrected chi connectivity index (χ3v) is 5.73. The van der Waals surface area contributed by atoms with Gasteiger partial charge in [-0.25, -0.2) is 0 Å². The number of carbonyl (C=O) groups excluding carboxylic acids is 2. The molecule has 0 aromatic carbocycles. The molecule has 2 amide bonds. The largest absolute Gasteiger partial charge is 0.342 e. The number of carbonyl (C=O) groups is 2. The fraction of sp³-hybridized carbons (Fsp3) is 0.889. The van der Waals surface area contributed by atoms with Gasteiger partial charge in [0.2, 0.25) is 11.8 Å². The van der Waals surface area contributed by atoms with Gasteiger partial charge >= 0.3 is 0 Å². The van der Waals surface area contributed by atoms with Gasteiger partial charge in [-0.2, -0.15) is 0 Å². The normalized spacial score (nSPS) is 25.2. The molecule has 3 aliphatic heterocycles. The van der Waals surface area contributed by atoms with Crippen molar-refractivity contribution in [3.8, 4) is 0 Å². The summed E-state index contributed by atoms with van der Waals surface area (Å²) in [4.78, 5) is 31.4. The van der Waals surface area contributed by atoms with Gasteiger partial charge in [0.1, 0.15) is 0 Å². The zero-order chi connectivity index (χ0) is 16.9. The summed E-state index contributed by atoms with van der Waals surface area (Å²) < 4.78 is 0. The van der Waals surface area contributed by atoms with E-state index in [1.807, 2.05) is 4.90 Å². The molecule has 3 heterocycles. The molecule has 1 N–H and O–H groups in total. The number of hydrogen-bond donors (Lipinski definition) is 1. The quantitative estimate of drug-likeness (QED) is 0.762. The van der Waals surface area contributed by atoms with E-state index in [1.54, 1.807) is 0 Å². The van der Waals surface area contributed by atoms with Gasteiger partial charge in [0.25, 0.3) is 0 Å². The minimum atomic E-state index is 0. The summed E-state index contributed by atoms with van der Waals surface area (Å²) in [5.41, 5.74) is 0. The van der Waals surface area contributed by atoms with Crippen LogP contribution in [0.5, 0.6) is 0 Å². The first-order valence-corrected chi connectivity index (χ1v) is 9.63. The summed E-state index contributed by atoms with van der Waals surface area (Å²) in [6, 6.07) is 0. The maximum absolute atomic E-state index is 12.7. The first-order valence-electron chi connectivity index (χ1n) is 9.63. The molecule has 1 atom stereocenters. The Morgan fingerprint density at radius 3 is 2.19 bits per heavy atom. The van der Waals surface area contributed by atoms with Crippen LogP contribution in [-0.4, -0.2) is 85.4 Å². The molecule has 0 spiro atoms. The molecule has 26 heavy (non-hydrogen) atoms. The van der Waals surface area contributed by atoms with E-state index in [2.05, 4.69) is 22.0 Å². The Kier molecular flexibility index (Phi) is 10.2. The Balaban J connectivity index is 0.00000169. The second-order valence-corrected chi connectivity index (χ2v) is 7.71. The molecular weight excluding hydrogens is 375 g/mol. The van der Waals surface area contributed by atoms with Crippen molar-refractivity contribution in [2.24, 2.45) is 11.8 Å². The smallest absolute Gasteiger partial charge is 0.236 e. The molecule has 3 saturated heterocycles. The van der Waals surface area contributed by atoms with Crippen LogP contribution in [0.15, 0.2) is 0 Å². The summed E-state index contributed by atoms with van der Waals surface area (Å²) in [5, 5.41) is 3.31. The van der Waals surface area contributed by atoms with Gasteiger partial charge in [-0.1, -0.05) is 6.92 Å². The Morgan fingerprint density at radius 2 is 1.58 bits per heavy atom. The molecule has 0 saturated carbocycles. The Labute approximate surface area is 169 Å². The van der Waals surface area contributed by atoms with Gasteiger partial charge in [0, 0.05) is 58.3 Å². The van der Waals surface area contributed by atoms with E-state index in [-0.39, 0.29) is 36.6 Å². The van der Waals surface area contributed by atoms with E-state index < -0.39 is 0 Å². The summed E-state index contributed by atoms with van der Waals surface area (Å²) >= 11 is 0. The number of rotatable bonds is 3. The highest BCUT2D eigenvalue weighted by Gasteiger charge is 2.32. The maximum Gasteiger partial charge on any atom is 0.236 e. The zero-order valence-electron chi connectivity index (χ0n) is 15.8. The molecule has 0 aliphatic carbocycles. The molecule has 0 aromatic heterocycles. The van der Waals surface area contributed by atoms with Crippen molar-refractivity contribution in [2.75, 3.05) is 58.9 Å². The van der Waals surface area contributed by atoms with E-state index in [0.717, 1.165) is 71.6 Å². The van der Waals surface area contributed by atoms with E-state index in [1.165, 1.54) is 6.42 Å². The minimum absolute atomic E-state index is 0. The van der Waals surface area contributed by atoms with E-state index in [4.69, 9.17) is 0 Å². The van der Waals surface area contributed by atoms with E-state index >= 15 is 0 Å². The molecule has 3 fully saturated rings. The lowest BCUT2D eigenvalue weighted by molar-refractivity contribution is -0.142. The summed E-state index contributed by atoms with van der Waals surface area (Å²) in [7, 11) is 0. The summed E-state index contributed by atoms with van der Waals surface area (Å²) in [5.74, 6) is 1.31. The summed E-state index contributed by atoms with van der Waals surface area (Å²) in [6.45, 7) is 9.93. The van der Waals surface area contributed by atoms with Crippen LogP contribution < -0.4 is 5.32 Å². The molecular formula is C18H34Cl2N4O2. The molecule has 6 nitrogen and oxygen atoms in total. The number of nitrogens with one attached hydrogen (secondary N) is 1. The van der Waals surface area contributed by atoms with E-state index in [9.17, 15) is 9.59 Å². The fourth-order valence-corrected chi connectivity index (χ4v) is 4.18. The number of halogens is 2. The van der Waals surface area contributed by atoms with E-state index in [0.29, 0.717) is 18.4 Å². The standard InChI is InChI=1S/C18H32N4O2.2ClH/c1-15-3-2-8-22(13-15)18(24)16-4-9-21(10-5-16)17(23)14-20-11-6-19-7-12-20;;/h15-16,19H,2-14H2,1H3;2*1H. The third kappa shape index (κ3) is 6.25. The van der Waals surface area contributed by atoms with Crippen LogP contribution in [0.3, 0.4) is 0 Å². The first kappa shape index (κ1) is 23.5. The van der Waals surface area contributed by atoms with Crippen molar-refractivity contribution in [3.63, 3.8) is 0 Å². The van der Waals surface area contributed by atoms with Gasteiger partial charge in [-0.3, -0.25) is 14.5 Å². The molecule has 0 aromatic rings. The van der Waals surface area contributed by atoms with Crippen LogP contribution in [0.2, 0.25) is 0 Å². The van der Waals surface area contributed by atoms with Crippen molar-refractivity contribution in [2.45, 2.75) is 32.6 Å². The predicted molar refractivity (Wildman–Crippen MR) is 108 cm³/mol. The average Bonchev–Trinajstić information content (AvgIpc) is 2.62. The number of hydrogen-bond acceptors (Lipinski definition) is 4. The van der Waals surface area contributed by atoms with Gasteiger partial charge in [-0.05, 0) is 31.6 Å². The fourth-order valence-electron chi connectivity index (χ4n) is 4.18. The number of piperazine rings is 1. The monoisotopic (exact) mass is 408 g/mol. The SMILES string of the molecule is CC1CCCN(C(=O)C2CCN(C(=O)CN3CCNCC3)CC2)C1.Cl.Cl. The van der Waals surface area contributed by atoms with Crippen LogP contribution >= 0.6 is 24.8 Å². The number of likely N-dealkylation sites (tertiary alicyclic amines) is 2. The molecule has 0 bridgehead atoms. The number of piperidine rings is 2. The minimum Gasteiger partial charge on any atom is -0.342 e. The van der Waals surface area contributed by atoms with Gasteiger partial charge in [0.15, 0.2) is 0 Å². The van der Waals surface area contributed by atoms with Crippen LogP contribution in [0.4, 0.5) is 0 Å². The molecule has 3 rings (SSSR count). The molecule has 1 unspecified atom stereocenters. The highest BCUT2D eigenvalue weighted by atomic mass is 35.5. The van der Waals surface area contributed by atoms with Gasteiger partial charge in [0.05, 0.1) is 6.54 Å².